The van der Waals surface area contributed by atoms with Crippen molar-refractivity contribution < 1.29 is 4.79 Å². The maximum absolute atomic E-state index is 9.95. The van der Waals surface area contributed by atoms with Crippen LogP contribution in [0, 0.1) is 5.92 Å². The summed E-state index contributed by atoms with van der Waals surface area (Å²) in [5.74, 6) is 0.639. The standard InChI is InChI=1S/C8H13NO/c1-7(2)5-8(3-4-8)9-6-10/h7H,3-5H2,1-2H3. The molecule has 1 aliphatic rings. The molecule has 0 amide bonds. The van der Waals surface area contributed by atoms with Crippen molar-refractivity contribution in [3.05, 3.63) is 0 Å². The van der Waals surface area contributed by atoms with E-state index in [9.17, 15) is 4.79 Å². The van der Waals surface area contributed by atoms with Crippen molar-refractivity contribution in [2.75, 3.05) is 0 Å². The summed E-state index contributed by atoms with van der Waals surface area (Å²) in [5, 5.41) is 0. The first kappa shape index (κ1) is 7.49. The first-order valence-electron chi connectivity index (χ1n) is 3.77. The third-order valence-electron chi connectivity index (χ3n) is 1.90. The minimum absolute atomic E-state index is 0.0237. The molecule has 0 radical (unpaired) electrons. The van der Waals surface area contributed by atoms with Crippen LogP contribution in [0.25, 0.3) is 0 Å². The molecule has 0 spiro atoms. The number of hydrogen-bond acceptors (Lipinski definition) is 2. The lowest BCUT2D eigenvalue weighted by Gasteiger charge is -2.09. The highest BCUT2D eigenvalue weighted by atomic mass is 16.1. The van der Waals surface area contributed by atoms with Gasteiger partial charge in [-0.2, -0.15) is 4.99 Å². The lowest BCUT2D eigenvalue weighted by atomic mass is 10.0. The average molecular weight is 139 g/mol. The Kier molecular flexibility index (Phi) is 1.91. The predicted octanol–water partition coefficient (Wildman–Crippen LogP) is 1.90. The minimum atomic E-state index is 0.0237. The highest BCUT2D eigenvalue weighted by Crippen LogP contribution is 2.44. The van der Waals surface area contributed by atoms with Gasteiger partial charge in [-0.15, -0.1) is 0 Å². The molecular formula is C8H13NO. The molecule has 1 saturated carbocycles. The smallest absolute Gasteiger partial charge is 0.211 e. The van der Waals surface area contributed by atoms with Crippen molar-refractivity contribution >= 4 is 6.08 Å². The second kappa shape index (κ2) is 2.55. The largest absolute Gasteiger partial charge is 0.235 e. The van der Waals surface area contributed by atoms with Crippen LogP contribution in [-0.4, -0.2) is 11.6 Å². The summed E-state index contributed by atoms with van der Waals surface area (Å²) in [6.07, 6.45) is 4.86. The van der Waals surface area contributed by atoms with Gasteiger partial charge < -0.3 is 0 Å². The fourth-order valence-corrected chi connectivity index (χ4v) is 1.36. The van der Waals surface area contributed by atoms with E-state index in [4.69, 9.17) is 0 Å². The van der Waals surface area contributed by atoms with E-state index in [2.05, 4.69) is 18.8 Å². The number of hydrogen-bond donors (Lipinski definition) is 0. The van der Waals surface area contributed by atoms with E-state index < -0.39 is 0 Å². The Bertz CT molecular complexity index is 164. The van der Waals surface area contributed by atoms with E-state index in [1.54, 1.807) is 6.08 Å². The third kappa shape index (κ3) is 1.68. The van der Waals surface area contributed by atoms with Gasteiger partial charge in [0.25, 0.3) is 0 Å². The summed E-state index contributed by atoms with van der Waals surface area (Å²) < 4.78 is 0. The first-order valence-corrected chi connectivity index (χ1v) is 3.77. The molecule has 56 valence electrons. The molecule has 0 N–H and O–H groups in total. The normalized spacial score (nSPS) is 20.3. The number of nitrogens with zero attached hydrogens (tertiary/aromatic N) is 1. The Morgan fingerprint density at radius 3 is 2.50 bits per heavy atom. The van der Waals surface area contributed by atoms with E-state index in [-0.39, 0.29) is 5.54 Å². The van der Waals surface area contributed by atoms with Crippen molar-refractivity contribution in [3.8, 4) is 0 Å². The highest BCUT2D eigenvalue weighted by Gasteiger charge is 2.42. The van der Waals surface area contributed by atoms with Crippen LogP contribution in [0.1, 0.15) is 33.1 Å². The predicted molar refractivity (Wildman–Crippen MR) is 39.5 cm³/mol. The van der Waals surface area contributed by atoms with Crippen molar-refractivity contribution in [1.82, 2.24) is 0 Å². The summed E-state index contributed by atoms with van der Waals surface area (Å²) in [4.78, 5) is 13.8. The maximum Gasteiger partial charge on any atom is 0.235 e. The van der Waals surface area contributed by atoms with Crippen molar-refractivity contribution in [1.29, 1.82) is 0 Å². The molecule has 0 atom stereocenters. The van der Waals surface area contributed by atoms with Gasteiger partial charge in [-0.1, -0.05) is 13.8 Å². The summed E-state index contributed by atoms with van der Waals surface area (Å²) in [7, 11) is 0. The zero-order chi connectivity index (χ0) is 7.61. The number of aliphatic imine (C=N–C) groups is 1. The Hall–Kier alpha value is -0.620. The quantitative estimate of drug-likeness (QED) is 0.433. The zero-order valence-corrected chi connectivity index (χ0v) is 6.55. The number of carbonyl (C=O) groups excluding carboxylic acids is 1. The first-order chi connectivity index (χ1) is 4.68. The molecule has 0 aromatic heterocycles. The second-order valence-corrected chi connectivity index (χ2v) is 3.53. The Labute approximate surface area is 61.3 Å². The van der Waals surface area contributed by atoms with Crippen LogP contribution >= 0.6 is 0 Å². The van der Waals surface area contributed by atoms with E-state index in [0.29, 0.717) is 5.92 Å². The zero-order valence-electron chi connectivity index (χ0n) is 6.55. The molecular weight excluding hydrogens is 126 g/mol. The summed E-state index contributed by atoms with van der Waals surface area (Å²) in [6, 6.07) is 0. The van der Waals surface area contributed by atoms with Crippen LogP contribution in [-0.2, 0) is 4.79 Å². The van der Waals surface area contributed by atoms with Gasteiger partial charge in [-0.3, -0.25) is 0 Å². The molecule has 1 rings (SSSR count). The fraction of sp³-hybridized carbons (Fsp3) is 0.875. The second-order valence-electron chi connectivity index (χ2n) is 3.53. The lowest BCUT2D eigenvalue weighted by Crippen LogP contribution is -2.07. The Morgan fingerprint density at radius 1 is 1.60 bits per heavy atom. The summed E-state index contributed by atoms with van der Waals surface area (Å²) in [5.41, 5.74) is 0.0237. The molecule has 0 saturated heterocycles. The average Bonchev–Trinajstić information content (AvgIpc) is 2.47. The SMILES string of the molecule is CC(C)CC1(N=C=O)CC1. The van der Waals surface area contributed by atoms with Crippen LogP contribution in [0.3, 0.4) is 0 Å². The van der Waals surface area contributed by atoms with E-state index in [1.807, 2.05) is 0 Å². The van der Waals surface area contributed by atoms with Gasteiger partial charge >= 0.3 is 0 Å². The highest BCUT2D eigenvalue weighted by molar-refractivity contribution is 5.36. The van der Waals surface area contributed by atoms with Gasteiger partial charge in [0.1, 0.15) is 0 Å². The molecule has 0 aromatic carbocycles. The summed E-state index contributed by atoms with van der Waals surface area (Å²) in [6.45, 7) is 4.31. The fourth-order valence-electron chi connectivity index (χ4n) is 1.36. The molecule has 1 aliphatic carbocycles. The molecule has 0 unspecified atom stereocenters. The van der Waals surface area contributed by atoms with Crippen LogP contribution in [0.4, 0.5) is 0 Å². The molecule has 0 aliphatic heterocycles. The van der Waals surface area contributed by atoms with Gasteiger partial charge in [-0.05, 0) is 25.2 Å². The van der Waals surface area contributed by atoms with E-state index >= 15 is 0 Å². The van der Waals surface area contributed by atoms with Crippen molar-refractivity contribution in [2.24, 2.45) is 10.9 Å². The van der Waals surface area contributed by atoms with Crippen LogP contribution in [0.15, 0.2) is 4.99 Å². The van der Waals surface area contributed by atoms with Crippen molar-refractivity contribution in [3.63, 3.8) is 0 Å². The van der Waals surface area contributed by atoms with Crippen LogP contribution in [0.5, 0.6) is 0 Å². The molecule has 0 bridgehead atoms. The Morgan fingerprint density at radius 2 is 2.20 bits per heavy atom. The summed E-state index contributed by atoms with van der Waals surface area (Å²) >= 11 is 0. The molecule has 1 fully saturated rings. The van der Waals surface area contributed by atoms with Gasteiger partial charge in [0.05, 0.1) is 5.54 Å². The molecule has 2 heteroatoms. The van der Waals surface area contributed by atoms with Crippen LogP contribution in [0.2, 0.25) is 0 Å². The molecule has 2 nitrogen and oxygen atoms in total. The Balaban J connectivity index is 2.45. The van der Waals surface area contributed by atoms with Gasteiger partial charge in [0, 0.05) is 0 Å². The third-order valence-corrected chi connectivity index (χ3v) is 1.90. The van der Waals surface area contributed by atoms with E-state index in [1.165, 1.54) is 0 Å². The topological polar surface area (TPSA) is 29.4 Å². The van der Waals surface area contributed by atoms with E-state index in [0.717, 1.165) is 19.3 Å². The molecule has 10 heavy (non-hydrogen) atoms. The van der Waals surface area contributed by atoms with Gasteiger partial charge in [0.15, 0.2) is 0 Å². The monoisotopic (exact) mass is 139 g/mol. The van der Waals surface area contributed by atoms with Crippen molar-refractivity contribution in [2.45, 2.75) is 38.6 Å². The van der Waals surface area contributed by atoms with Gasteiger partial charge in [0.2, 0.25) is 6.08 Å². The lowest BCUT2D eigenvalue weighted by molar-refractivity contribution is 0.480. The maximum atomic E-state index is 9.95. The molecule has 0 heterocycles. The number of isocyanates is 1. The van der Waals surface area contributed by atoms with Crippen LogP contribution < -0.4 is 0 Å². The molecule has 0 aromatic rings. The minimum Gasteiger partial charge on any atom is -0.211 e. The number of rotatable bonds is 3. The van der Waals surface area contributed by atoms with Gasteiger partial charge in [-0.25, -0.2) is 4.79 Å².